The molecule has 1 saturated heterocycles. The van der Waals surface area contributed by atoms with E-state index < -0.39 is 0 Å². The maximum Gasteiger partial charge on any atom is 0.273 e. The van der Waals surface area contributed by atoms with Gasteiger partial charge in [-0.05, 0) is 43.7 Å². The van der Waals surface area contributed by atoms with E-state index in [0.717, 1.165) is 36.0 Å². The Balaban J connectivity index is 1.52. The summed E-state index contributed by atoms with van der Waals surface area (Å²) in [6.45, 7) is 1.85. The molecule has 0 unspecified atom stereocenters. The van der Waals surface area contributed by atoms with E-state index in [1.807, 2.05) is 30.5 Å². The zero-order valence-electron chi connectivity index (χ0n) is 15.6. The van der Waals surface area contributed by atoms with Crippen LogP contribution in [0.2, 0.25) is 0 Å². The average molecular weight is 416 g/mol. The van der Waals surface area contributed by atoms with Crippen molar-refractivity contribution in [1.82, 2.24) is 14.5 Å². The van der Waals surface area contributed by atoms with Crippen molar-refractivity contribution >= 4 is 50.2 Å². The summed E-state index contributed by atoms with van der Waals surface area (Å²) < 4.78 is 1.84. The molecule has 3 heterocycles. The summed E-state index contributed by atoms with van der Waals surface area (Å²) >= 11 is 2.97. The smallest absolute Gasteiger partial charge is 0.273 e. The molecule has 0 radical (unpaired) electrons. The molecule has 0 saturated carbocycles. The topological polar surface area (TPSA) is 80.1 Å². The second kappa shape index (κ2) is 8.32. The van der Waals surface area contributed by atoms with Crippen LogP contribution in [0.4, 0.5) is 10.8 Å². The molecule has 4 rings (SSSR count). The molecule has 1 aliphatic rings. The Labute approximate surface area is 170 Å². The Kier molecular flexibility index (Phi) is 5.63. The predicted octanol–water partition coefficient (Wildman–Crippen LogP) is 3.20. The normalized spacial score (nSPS) is 14.4. The third-order valence-electron chi connectivity index (χ3n) is 4.67. The predicted molar refractivity (Wildman–Crippen MR) is 115 cm³/mol. The number of nitrogens with zero attached hydrogens (tertiary/aromatic N) is 4. The molecule has 0 atom stereocenters. The molecule has 0 spiro atoms. The lowest BCUT2D eigenvalue weighted by Crippen LogP contribution is -2.29. The lowest BCUT2D eigenvalue weighted by Gasteiger charge is -2.25. The Morgan fingerprint density at radius 2 is 2.11 bits per heavy atom. The second-order valence-corrected chi connectivity index (χ2v) is 8.51. The number of thiazole rings is 1. The summed E-state index contributed by atoms with van der Waals surface area (Å²) in [5.74, 6) is -0.262. The number of aromatic nitrogens is 3. The standard InChI is InChI=1S/C19H21N5O2S2/c1-27-14-7-5-6-13(10-14)21-15(25)11-24-12-20-17-16(18(24)26)28-19(22-17)23-8-3-2-4-9-23/h5-7,10,12H,2-4,8-9,11H2,1H3,(H,21,25). The second-order valence-electron chi connectivity index (χ2n) is 6.65. The molecule has 1 aliphatic heterocycles. The molecule has 0 aliphatic carbocycles. The molecule has 28 heavy (non-hydrogen) atoms. The van der Waals surface area contributed by atoms with E-state index in [9.17, 15) is 9.59 Å². The fourth-order valence-electron chi connectivity index (χ4n) is 3.22. The maximum atomic E-state index is 12.8. The van der Waals surface area contributed by atoms with Crippen LogP contribution >= 0.6 is 23.1 Å². The number of benzene rings is 1. The van der Waals surface area contributed by atoms with Crippen LogP contribution in [-0.4, -0.2) is 39.8 Å². The van der Waals surface area contributed by atoms with Crippen molar-refractivity contribution in [2.45, 2.75) is 30.7 Å². The van der Waals surface area contributed by atoms with Crippen molar-refractivity contribution in [2.24, 2.45) is 0 Å². The van der Waals surface area contributed by atoms with Crippen molar-refractivity contribution in [2.75, 3.05) is 29.6 Å². The van der Waals surface area contributed by atoms with Crippen LogP contribution in [0.5, 0.6) is 0 Å². The molecule has 9 heteroatoms. The number of nitrogens with one attached hydrogen (secondary N) is 1. The number of carbonyl (C=O) groups is 1. The molecule has 7 nitrogen and oxygen atoms in total. The monoisotopic (exact) mass is 415 g/mol. The summed E-state index contributed by atoms with van der Waals surface area (Å²) in [5, 5.41) is 3.68. The first-order chi connectivity index (χ1) is 13.6. The van der Waals surface area contributed by atoms with Gasteiger partial charge in [-0.15, -0.1) is 11.8 Å². The first-order valence-electron chi connectivity index (χ1n) is 9.19. The third-order valence-corrected chi connectivity index (χ3v) is 6.49. The van der Waals surface area contributed by atoms with Crippen LogP contribution in [0.15, 0.2) is 40.3 Å². The highest BCUT2D eigenvalue weighted by Gasteiger charge is 2.18. The van der Waals surface area contributed by atoms with Gasteiger partial charge in [-0.3, -0.25) is 14.2 Å². The minimum Gasteiger partial charge on any atom is -0.348 e. The van der Waals surface area contributed by atoms with Gasteiger partial charge in [0.15, 0.2) is 10.8 Å². The number of piperidine rings is 1. The van der Waals surface area contributed by atoms with E-state index in [4.69, 9.17) is 0 Å². The summed E-state index contributed by atoms with van der Waals surface area (Å²) in [7, 11) is 0. The Morgan fingerprint density at radius 1 is 1.29 bits per heavy atom. The molecular weight excluding hydrogens is 394 g/mol. The van der Waals surface area contributed by atoms with Gasteiger partial charge in [-0.25, -0.2) is 4.98 Å². The first kappa shape index (κ1) is 18.9. The van der Waals surface area contributed by atoms with Gasteiger partial charge in [-0.2, -0.15) is 4.98 Å². The minimum atomic E-state index is -0.262. The zero-order chi connectivity index (χ0) is 19.5. The maximum absolute atomic E-state index is 12.8. The van der Waals surface area contributed by atoms with E-state index in [-0.39, 0.29) is 18.0 Å². The molecule has 0 bridgehead atoms. The van der Waals surface area contributed by atoms with Gasteiger partial charge in [0.1, 0.15) is 17.6 Å². The van der Waals surface area contributed by atoms with Crippen molar-refractivity contribution in [1.29, 1.82) is 0 Å². The quantitative estimate of drug-likeness (QED) is 0.645. The van der Waals surface area contributed by atoms with Crippen LogP contribution < -0.4 is 15.8 Å². The summed E-state index contributed by atoms with van der Waals surface area (Å²) in [6, 6.07) is 7.60. The number of fused-ring (bicyclic) bond motifs is 1. The lowest BCUT2D eigenvalue weighted by molar-refractivity contribution is -0.116. The van der Waals surface area contributed by atoms with Crippen molar-refractivity contribution in [3.05, 3.63) is 40.9 Å². The fourth-order valence-corrected chi connectivity index (χ4v) is 4.70. The summed E-state index contributed by atoms with van der Waals surface area (Å²) in [4.78, 5) is 37.3. The van der Waals surface area contributed by atoms with E-state index in [1.54, 1.807) is 11.8 Å². The number of hydrogen-bond donors (Lipinski definition) is 1. The lowest BCUT2D eigenvalue weighted by atomic mass is 10.1. The van der Waals surface area contributed by atoms with Crippen LogP contribution in [0.1, 0.15) is 19.3 Å². The fraction of sp³-hybridized carbons (Fsp3) is 0.368. The average Bonchev–Trinajstić information content (AvgIpc) is 3.16. The third kappa shape index (κ3) is 4.05. The number of rotatable bonds is 5. The number of anilines is 2. The largest absolute Gasteiger partial charge is 0.348 e. The molecule has 1 amide bonds. The Morgan fingerprint density at radius 3 is 2.89 bits per heavy atom. The van der Waals surface area contributed by atoms with Gasteiger partial charge < -0.3 is 10.2 Å². The van der Waals surface area contributed by atoms with Crippen LogP contribution in [0.3, 0.4) is 0 Å². The minimum absolute atomic E-state index is 0.0811. The van der Waals surface area contributed by atoms with Crippen LogP contribution in [0.25, 0.3) is 10.3 Å². The summed E-state index contributed by atoms with van der Waals surface area (Å²) in [5.41, 5.74) is 0.947. The van der Waals surface area contributed by atoms with Gasteiger partial charge in [0.05, 0.1) is 0 Å². The molecular formula is C19H21N5O2S2. The van der Waals surface area contributed by atoms with Gasteiger partial charge in [0, 0.05) is 23.7 Å². The summed E-state index contributed by atoms with van der Waals surface area (Å²) in [6.07, 6.45) is 6.91. The van der Waals surface area contributed by atoms with Gasteiger partial charge >= 0.3 is 0 Å². The molecule has 1 fully saturated rings. The number of amides is 1. The van der Waals surface area contributed by atoms with Crippen LogP contribution in [0, 0.1) is 0 Å². The molecule has 146 valence electrons. The van der Waals surface area contributed by atoms with Crippen molar-refractivity contribution < 1.29 is 4.79 Å². The number of thioether (sulfide) groups is 1. The van der Waals surface area contributed by atoms with Gasteiger partial charge in [-0.1, -0.05) is 17.4 Å². The molecule has 1 aromatic carbocycles. The van der Waals surface area contributed by atoms with Crippen LogP contribution in [-0.2, 0) is 11.3 Å². The molecule has 3 aromatic rings. The number of hydrogen-bond acceptors (Lipinski definition) is 7. The molecule has 1 N–H and O–H groups in total. The van der Waals surface area contributed by atoms with E-state index >= 15 is 0 Å². The molecule has 2 aromatic heterocycles. The van der Waals surface area contributed by atoms with Crippen molar-refractivity contribution in [3.8, 4) is 0 Å². The van der Waals surface area contributed by atoms with Crippen molar-refractivity contribution in [3.63, 3.8) is 0 Å². The number of carbonyl (C=O) groups excluding carboxylic acids is 1. The van der Waals surface area contributed by atoms with Gasteiger partial charge in [0.25, 0.3) is 5.56 Å². The Hall–Kier alpha value is -2.39. The highest BCUT2D eigenvalue weighted by molar-refractivity contribution is 7.98. The SMILES string of the molecule is CSc1cccc(NC(=O)Cn2cnc3nc(N4CCCCC4)sc3c2=O)c1. The zero-order valence-corrected chi connectivity index (χ0v) is 17.2. The van der Waals surface area contributed by atoms with E-state index in [0.29, 0.717) is 16.0 Å². The van der Waals surface area contributed by atoms with Gasteiger partial charge in [0.2, 0.25) is 5.91 Å². The Bertz CT molecular complexity index is 1060. The highest BCUT2D eigenvalue weighted by Crippen LogP contribution is 2.27. The highest BCUT2D eigenvalue weighted by atomic mass is 32.2. The first-order valence-corrected chi connectivity index (χ1v) is 11.2. The van der Waals surface area contributed by atoms with E-state index in [1.165, 1.54) is 28.7 Å². The van der Waals surface area contributed by atoms with E-state index in [2.05, 4.69) is 20.2 Å².